The predicted molar refractivity (Wildman–Crippen MR) is 133 cm³/mol. The summed E-state index contributed by atoms with van der Waals surface area (Å²) in [7, 11) is 0. The van der Waals surface area contributed by atoms with Crippen molar-refractivity contribution in [2.24, 2.45) is 4.99 Å². The van der Waals surface area contributed by atoms with Crippen LogP contribution in [0.15, 0.2) is 52.1 Å². The lowest BCUT2D eigenvalue weighted by Gasteiger charge is -2.38. The van der Waals surface area contributed by atoms with Crippen molar-refractivity contribution in [3.8, 4) is 0 Å². The van der Waals surface area contributed by atoms with E-state index in [1.807, 2.05) is 25.1 Å². The van der Waals surface area contributed by atoms with Crippen LogP contribution in [0.3, 0.4) is 0 Å². The second-order valence-electron chi connectivity index (χ2n) is 9.80. The van der Waals surface area contributed by atoms with Gasteiger partial charge in [-0.1, -0.05) is 6.07 Å². The van der Waals surface area contributed by atoms with Crippen LogP contribution in [0.25, 0.3) is 4.91 Å². The van der Waals surface area contributed by atoms with Crippen molar-refractivity contribution in [1.82, 2.24) is 19.5 Å². The number of hydrogen-bond donors (Lipinski definition) is 1. The van der Waals surface area contributed by atoms with E-state index < -0.39 is 0 Å². The number of aryl methyl sites for hydroxylation is 1. The quantitative estimate of drug-likeness (QED) is 0.666. The summed E-state index contributed by atoms with van der Waals surface area (Å²) in [6.07, 6.45) is 12.3. The van der Waals surface area contributed by atoms with E-state index in [0.717, 1.165) is 36.7 Å². The summed E-state index contributed by atoms with van der Waals surface area (Å²) in [6.45, 7) is 5.98. The highest BCUT2D eigenvalue weighted by atomic mass is 32.2. The Morgan fingerprint density at radius 1 is 1.12 bits per heavy atom. The molecule has 1 saturated heterocycles. The number of hydrogen-bond acceptors (Lipinski definition) is 6. The molecule has 6 rings (SSSR count). The molecule has 6 nitrogen and oxygen atoms in total. The van der Waals surface area contributed by atoms with Crippen molar-refractivity contribution in [2.75, 3.05) is 13.1 Å². The molecule has 1 saturated carbocycles. The van der Waals surface area contributed by atoms with Crippen molar-refractivity contribution in [3.05, 3.63) is 58.3 Å². The molecule has 1 aromatic rings. The zero-order valence-corrected chi connectivity index (χ0v) is 20.2. The molecule has 7 heteroatoms. The molecular weight excluding hydrogens is 430 g/mol. The first-order valence-corrected chi connectivity index (χ1v) is 13.0. The van der Waals surface area contributed by atoms with Crippen molar-refractivity contribution in [1.29, 1.82) is 0 Å². The van der Waals surface area contributed by atoms with Crippen LogP contribution in [-0.2, 0) is 4.79 Å². The smallest absolute Gasteiger partial charge is 0.222 e. The van der Waals surface area contributed by atoms with Crippen LogP contribution < -0.4 is 5.32 Å². The van der Waals surface area contributed by atoms with Crippen molar-refractivity contribution >= 4 is 28.5 Å². The van der Waals surface area contributed by atoms with E-state index in [1.165, 1.54) is 66.1 Å². The molecule has 0 bridgehead atoms. The van der Waals surface area contributed by atoms with Gasteiger partial charge in [-0.2, -0.15) is 0 Å². The number of piperidine rings is 1. The summed E-state index contributed by atoms with van der Waals surface area (Å²) in [6, 6.07) is 5.68. The minimum Gasteiger partial charge on any atom is -0.311 e. The van der Waals surface area contributed by atoms with E-state index in [1.54, 1.807) is 6.92 Å². The molecule has 0 radical (unpaired) electrons. The Balaban J connectivity index is 1.40. The Morgan fingerprint density at radius 3 is 2.64 bits per heavy atom. The van der Waals surface area contributed by atoms with Gasteiger partial charge in [-0.3, -0.25) is 9.78 Å². The fraction of sp³-hybridized carbons (Fsp3) is 0.500. The fourth-order valence-electron chi connectivity index (χ4n) is 5.49. The van der Waals surface area contributed by atoms with Crippen LogP contribution in [0.1, 0.15) is 63.1 Å². The normalized spacial score (nSPS) is 23.9. The SMILES string of the molecule is CC(=O)NC1=CC2=C3C(=C(c4ccc(C)nc4)SN3C3CCN(C4CC4)CC3)CCCC2=N1. The first-order chi connectivity index (χ1) is 16.1. The molecule has 4 heterocycles. The van der Waals surface area contributed by atoms with Crippen molar-refractivity contribution in [3.63, 3.8) is 0 Å². The third kappa shape index (κ3) is 4.06. The highest BCUT2D eigenvalue weighted by Gasteiger charge is 2.40. The van der Waals surface area contributed by atoms with Gasteiger partial charge in [0.15, 0.2) is 0 Å². The summed E-state index contributed by atoms with van der Waals surface area (Å²) in [5, 5.41) is 2.91. The maximum atomic E-state index is 11.7. The zero-order valence-electron chi connectivity index (χ0n) is 19.4. The Kier molecular flexibility index (Phi) is 5.41. The topological polar surface area (TPSA) is 60.8 Å². The molecule has 5 aliphatic rings. The van der Waals surface area contributed by atoms with E-state index in [4.69, 9.17) is 4.99 Å². The number of likely N-dealkylation sites (tertiary alicyclic amines) is 1. The van der Waals surface area contributed by atoms with E-state index in [-0.39, 0.29) is 5.91 Å². The maximum Gasteiger partial charge on any atom is 0.222 e. The van der Waals surface area contributed by atoms with E-state index >= 15 is 0 Å². The van der Waals surface area contributed by atoms with Gasteiger partial charge in [0.1, 0.15) is 5.82 Å². The maximum absolute atomic E-state index is 11.7. The Labute approximate surface area is 200 Å². The number of nitrogens with zero attached hydrogens (tertiary/aromatic N) is 4. The molecule has 1 N–H and O–H groups in total. The lowest BCUT2D eigenvalue weighted by Crippen LogP contribution is -2.42. The first-order valence-electron chi connectivity index (χ1n) is 12.3. The molecule has 33 heavy (non-hydrogen) atoms. The second kappa shape index (κ2) is 8.44. The number of aromatic nitrogens is 1. The van der Waals surface area contributed by atoms with E-state index in [0.29, 0.717) is 11.9 Å². The van der Waals surface area contributed by atoms with Crippen LogP contribution in [0.4, 0.5) is 0 Å². The first kappa shape index (κ1) is 21.2. The van der Waals surface area contributed by atoms with Gasteiger partial charge >= 0.3 is 0 Å². The Hall–Kier alpha value is -2.38. The lowest BCUT2D eigenvalue weighted by molar-refractivity contribution is -0.118. The minimum absolute atomic E-state index is 0.0695. The molecule has 0 unspecified atom stereocenters. The molecular formula is C26H31N5OS. The van der Waals surface area contributed by atoms with Gasteiger partial charge in [0.05, 0.1) is 11.4 Å². The predicted octanol–water partition coefficient (Wildman–Crippen LogP) is 4.56. The largest absolute Gasteiger partial charge is 0.311 e. The Bertz CT molecular complexity index is 1100. The highest BCUT2D eigenvalue weighted by Crippen LogP contribution is 2.53. The fourth-order valence-corrected chi connectivity index (χ4v) is 6.89. The number of pyridine rings is 1. The van der Waals surface area contributed by atoms with Crippen LogP contribution in [-0.4, -0.2) is 51.0 Å². The van der Waals surface area contributed by atoms with Gasteiger partial charge in [0, 0.05) is 60.0 Å². The summed E-state index contributed by atoms with van der Waals surface area (Å²) < 4.78 is 2.60. The van der Waals surface area contributed by atoms with Crippen LogP contribution >= 0.6 is 11.9 Å². The van der Waals surface area contributed by atoms with Crippen molar-refractivity contribution < 1.29 is 4.79 Å². The third-order valence-electron chi connectivity index (χ3n) is 7.28. The number of rotatable bonds is 4. The van der Waals surface area contributed by atoms with Gasteiger partial charge in [-0.05, 0) is 81.5 Å². The molecule has 172 valence electrons. The molecule has 0 aromatic carbocycles. The van der Waals surface area contributed by atoms with Gasteiger partial charge in [0.25, 0.3) is 0 Å². The number of carbonyl (C=O) groups is 1. The summed E-state index contributed by atoms with van der Waals surface area (Å²) in [5.74, 6) is 0.611. The standard InChI is InChI=1S/C26H31N5OS/c1-16-6-7-18(15-27-16)26-21-4-3-5-23-22(14-24(29-23)28-17(2)32)25(21)31(33-26)20-10-12-30(13-11-20)19-8-9-19/h6-7,14-15,19-20H,3-5,8-13H2,1-2H3,(H,28,32). The zero-order chi connectivity index (χ0) is 22.5. The Morgan fingerprint density at radius 2 is 1.94 bits per heavy atom. The number of carbonyl (C=O) groups excluding carboxylic acids is 1. The van der Waals surface area contributed by atoms with Gasteiger partial charge < -0.3 is 14.5 Å². The number of aliphatic imine (C=N–C) groups is 1. The lowest BCUT2D eigenvalue weighted by atomic mass is 9.98. The van der Waals surface area contributed by atoms with E-state index in [2.05, 4.69) is 37.7 Å². The van der Waals surface area contributed by atoms with Gasteiger partial charge in [-0.25, -0.2) is 4.99 Å². The molecule has 2 fully saturated rings. The van der Waals surface area contributed by atoms with Crippen molar-refractivity contribution in [2.45, 2.75) is 70.9 Å². The summed E-state index contributed by atoms with van der Waals surface area (Å²) >= 11 is 1.91. The molecule has 0 spiro atoms. The van der Waals surface area contributed by atoms with Gasteiger partial charge in [0.2, 0.25) is 5.91 Å². The molecule has 1 aromatic heterocycles. The summed E-state index contributed by atoms with van der Waals surface area (Å²) in [5.41, 5.74) is 7.34. The number of allylic oxidation sites excluding steroid dienone is 3. The monoisotopic (exact) mass is 461 g/mol. The molecule has 2 aliphatic carbocycles. The number of amides is 1. The molecule has 1 amide bonds. The minimum atomic E-state index is -0.0695. The highest BCUT2D eigenvalue weighted by molar-refractivity contribution is 8.06. The average Bonchev–Trinajstić information content (AvgIpc) is 3.52. The van der Waals surface area contributed by atoms with Crippen LogP contribution in [0, 0.1) is 6.92 Å². The molecule has 0 atom stereocenters. The van der Waals surface area contributed by atoms with Crippen LogP contribution in [0.5, 0.6) is 0 Å². The molecule has 3 aliphatic heterocycles. The number of nitrogens with one attached hydrogen (secondary N) is 1. The summed E-state index contributed by atoms with van der Waals surface area (Å²) in [4.78, 5) is 25.1. The average molecular weight is 462 g/mol. The van der Waals surface area contributed by atoms with Crippen LogP contribution in [0.2, 0.25) is 0 Å². The van der Waals surface area contributed by atoms with Gasteiger partial charge in [-0.15, -0.1) is 0 Å². The second-order valence-corrected chi connectivity index (χ2v) is 10.8. The van der Waals surface area contributed by atoms with E-state index in [9.17, 15) is 4.79 Å². The third-order valence-corrected chi connectivity index (χ3v) is 8.63. The number of fused-ring (bicyclic) bond motifs is 2.